The van der Waals surface area contributed by atoms with Crippen molar-refractivity contribution in [3.63, 3.8) is 0 Å². The summed E-state index contributed by atoms with van der Waals surface area (Å²) in [5.74, 6) is 0.159. The summed E-state index contributed by atoms with van der Waals surface area (Å²) in [5, 5.41) is 10.8. The van der Waals surface area contributed by atoms with Crippen molar-refractivity contribution in [1.29, 1.82) is 0 Å². The molecule has 0 radical (unpaired) electrons. The van der Waals surface area contributed by atoms with Gasteiger partial charge in [-0.1, -0.05) is 23.7 Å². The highest BCUT2D eigenvalue weighted by Gasteiger charge is 2.28. The van der Waals surface area contributed by atoms with Gasteiger partial charge in [-0.3, -0.25) is 0 Å². The molecule has 1 N–H and O–H groups in total. The van der Waals surface area contributed by atoms with Gasteiger partial charge in [0.25, 0.3) is 0 Å². The van der Waals surface area contributed by atoms with Crippen molar-refractivity contribution >= 4 is 11.6 Å². The quantitative estimate of drug-likeness (QED) is 0.853. The van der Waals surface area contributed by atoms with E-state index in [2.05, 4.69) is 0 Å². The number of aliphatic hydroxyl groups is 1. The summed E-state index contributed by atoms with van der Waals surface area (Å²) < 4.78 is 19.0. The van der Waals surface area contributed by atoms with Gasteiger partial charge in [0.2, 0.25) is 0 Å². The Morgan fingerprint density at radius 3 is 2.63 bits per heavy atom. The first-order chi connectivity index (χ1) is 9.13. The van der Waals surface area contributed by atoms with Gasteiger partial charge in [-0.05, 0) is 35.9 Å². The third kappa shape index (κ3) is 2.44. The van der Waals surface area contributed by atoms with Gasteiger partial charge in [0.15, 0.2) is 0 Å². The smallest absolute Gasteiger partial charge is 0.127 e. The van der Waals surface area contributed by atoms with Crippen LogP contribution in [-0.4, -0.2) is 5.11 Å². The molecular weight excluding hydrogens is 267 g/mol. The van der Waals surface area contributed by atoms with Crippen molar-refractivity contribution in [2.75, 3.05) is 0 Å². The van der Waals surface area contributed by atoms with Crippen LogP contribution in [0.5, 0.6) is 5.75 Å². The summed E-state index contributed by atoms with van der Waals surface area (Å²) in [6.45, 7) is 0. The van der Waals surface area contributed by atoms with E-state index in [1.165, 1.54) is 12.1 Å². The maximum absolute atomic E-state index is 13.2. The fourth-order valence-corrected chi connectivity index (χ4v) is 2.43. The van der Waals surface area contributed by atoms with E-state index in [0.717, 1.165) is 5.56 Å². The summed E-state index contributed by atoms with van der Waals surface area (Å²) in [6.07, 6.45) is -0.566. The topological polar surface area (TPSA) is 29.5 Å². The fraction of sp³-hybridized carbons (Fsp3) is 0.200. The average molecular weight is 279 g/mol. The monoisotopic (exact) mass is 278 g/mol. The number of benzene rings is 2. The second kappa shape index (κ2) is 4.83. The molecule has 0 saturated heterocycles. The molecule has 3 rings (SSSR count). The molecule has 1 heterocycles. The predicted molar refractivity (Wildman–Crippen MR) is 70.8 cm³/mol. The van der Waals surface area contributed by atoms with Gasteiger partial charge >= 0.3 is 0 Å². The molecule has 2 aromatic rings. The molecule has 0 aliphatic carbocycles. The highest BCUT2D eigenvalue weighted by Crippen LogP contribution is 2.41. The fourth-order valence-electron chi connectivity index (χ4n) is 2.30. The second-order valence-corrected chi connectivity index (χ2v) is 5.03. The molecule has 1 unspecified atom stereocenters. The Morgan fingerprint density at radius 2 is 1.89 bits per heavy atom. The molecule has 1 aliphatic heterocycles. The predicted octanol–water partition coefficient (Wildman–Crippen LogP) is 4.04. The van der Waals surface area contributed by atoms with Crippen LogP contribution in [0.2, 0.25) is 5.02 Å². The standard InChI is InChI=1S/C15H12ClFO2/c16-10-3-1-9(2-4-10)15-8-13(18)12-7-11(17)5-6-14(12)19-15/h1-7,13,15,18H,8H2/t13-,15?/m0/s1. The molecule has 4 heteroatoms. The summed E-state index contributed by atoms with van der Waals surface area (Å²) in [4.78, 5) is 0. The molecule has 0 aromatic heterocycles. The van der Waals surface area contributed by atoms with Crippen LogP contribution < -0.4 is 4.74 Å². The van der Waals surface area contributed by atoms with E-state index in [9.17, 15) is 9.50 Å². The Bertz CT molecular complexity index is 598. The first-order valence-corrected chi connectivity index (χ1v) is 6.41. The SMILES string of the molecule is O[C@H]1CC(c2ccc(Cl)cc2)Oc2ccc(F)cc21. The Kier molecular flexibility index (Phi) is 3.17. The Labute approximate surface area is 115 Å². The third-order valence-corrected chi connectivity index (χ3v) is 3.53. The third-order valence-electron chi connectivity index (χ3n) is 3.28. The number of hydrogen-bond donors (Lipinski definition) is 1. The number of halogens is 2. The summed E-state index contributed by atoms with van der Waals surface area (Å²) in [6, 6.07) is 11.5. The molecule has 0 fully saturated rings. The Hall–Kier alpha value is -1.58. The lowest BCUT2D eigenvalue weighted by Gasteiger charge is -2.30. The molecule has 2 nitrogen and oxygen atoms in total. The van der Waals surface area contributed by atoms with Crippen molar-refractivity contribution in [3.8, 4) is 5.75 Å². The Balaban J connectivity index is 1.92. The normalized spacial score (nSPS) is 21.6. The first kappa shape index (κ1) is 12.5. The van der Waals surface area contributed by atoms with Crippen molar-refractivity contribution in [2.45, 2.75) is 18.6 Å². The van der Waals surface area contributed by atoms with Crippen molar-refractivity contribution in [2.24, 2.45) is 0 Å². The molecule has 0 saturated carbocycles. The van der Waals surface area contributed by atoms with Crippen LogP contribution in [0.3, 0.4) is 0 Å². The molecule has 2 atom stereocenters. The number of ether oxygens (including phenoxy) is 1. The van der Waals surface area contributed by atoms with Crippen molar-refractivity contribution in [3.05, 3.63) is 64.4 Å². The lowest BCUT2D eigenvalue weighted by molar-refractivity contribution is 0.0653. The molecule has 2 aromatic carbocycles. The van der Waals surface area contributed by atoms with Crippen LogP contribution in [-0.2, 0) is 0 Å². The largest absolute Gasteiger partial charge is 0.485 e. The van der Waals surface area contributed by atoms with E-state index >= 15 is 0 Å². The minimum Gasteiger partial charge on any atom is -0.485 e. The zero-order valence-electron chi connectivity index (χ0n) is 10.0. The second-order valence-electron chi connectivity index (χ2n) is 4.59. The van der Waals surface area contributed by atoms with Gasteiger partial charge < -0.3 is 9.84 Å². The van der Waals surface area contributed by atoms with Crippen LogP contribution in [0.25, 0.3) is 0 Å². The summed E-state index contributed by atoms with van der Waals surface area (Å²) >= 11 is 5.85. The van der Waals surface area contributed by atoms with Crippen LogP contribution in [0.1, 0.15) is 29.8 Å². The van der Waals surface area contributed by atoms with Gasteiger partial charge in [-0.2, -0.15) is 0 Å². The first-order valence-electron chi connectivity index (χ1n) is 6.03. The number of hydrogen-bond acceptors (Lipinski definition) is 2. The van der Waals surface area contributed by atoms with Crippen LogP contribution >= 0.6 is 11.6 Å². The van der Waals surface area contributed by atoms with Crippen LogP contribution in [0, 0.1) is 5.82 Å². The summed E-state index contributed by atoms with van der Waals surface area (Å²) in [7, 11) is 0. The number of rotatable bonds is 1. The van der Waals surface area contributed by atoms with Crippen LogP contribution in [0.15, 0.2) is 42.5 Å². The van der Waals surface area contributed by atoms with Gasteiger partial charge in [0.1, 0.15) is 17.7 Å². The van der Waals surface area contributed by atoms with E-state index in [1.807, 2.05) is 12.1 Å². The molecule has 0 amide bonds. The molecule has 0 bridgehead atoms. The molecule has 0 spiro atoms. The minimum atomic E-state index is -0.722. The highest BCUT2D eigenvalue weighted by molar-refractivity contribution is 6.30. The zero-order valence-corrected chi connectivity index (χ0v) is 10.8. The maximum Gasteiger partial charge on any atom is 0.127 e. The van der Waals surface area contributed by atoms with Crippen molar-refractivity contribution in [1.82, 2.24) is 0 Å². The van der Waals surface area contributed by atoms with Crippen molar-refractivity contribution < 1.29 is 14.2 Å². The maximum atomic E-state index is 13.2. The molecule has 19 heavy (non-hydrogen) atoms. The highest BCUT2D eigenvalue weighted by atomic mass is 35.5. The van der Waals surface area contributed by atoms with Gasteiger partial charge in [-0.15, -0.1) is 0 Å². The average Bonchev–Trinajstić information content (AvgIpc) is 2.40. The number of aliphatic hydroxyl groups excluding tert-OH is 1. The number of fused-ring (bicyclic) bond motifs is 1. The molecule has 1 aliphatic rings. The summed E-state index contributed by atoms with van der Waals surface area (Å²) in [5.41, 5.74) is 1.45. The van der Waals surface area contributed by atoms with E-state index in [-0.39, 0.29) is 11.9 Å². The minimum absolute atomic E-state index is 0.245. The Morgan fingerprint density at radius 1 is 1.16 bits per heavy atom. The van der Waals surface area contributed by atoms with Crippen LogP contribution in [0.4, 0.5) is 4.39 Å². The molecule has 98 valence electrons. The van der Waals surface area contributed by atoms with Gasteiger partial charge in [0, 0.05) is 17.0 Å². The lowest BCUT2D eigenvalue weighted by atomic mass is 9.95. The van der Waals surface area contributed by atoms with E-state index < -0.39 is 6.10 Å². The van der Waals surface area contributed by atoms with Gasteiger partial charge in [0.05, 0.1) is 6.10 Å². The zero-order chi connectivity index (χ0) is 13.4. The van der Waals surface area contributed by atoms with E-state index in [0.29, 0.717) is 22.8 Å². The van der Waals surface area contributed by atoms with Gasteiger partial charge in [-0.25, -0.2) is 4.39 Å². The lowest BCUT2D eigenvalue weighted by Crippen LogP contribution is -2.19. The van der Waals surface area contributed by atoms with E-state index in [1.54, 1.807) is 18.2 Å². The molecular formula is C15H12ClFO2. The van der Waals surface area contributed by atoms with E-state index in [4.69, 9.17) is 16.3 Å².